The number of amides is 2. The van der Waals surface area contributed by atoms with Gasteiger partial charge in [0.15, 0.2) is 5.13 Å². The number of H-pyrrole nitrogens is 1. The van der Waals surface area contributed by atoms with Gasteiger partial charge in [-0.3, -0.25) is 14.4 Å². The quantitative estimate of drug-likeness (QED) is 0.420. The highest BCUT2D eigenvalue weighted by Crippen LogP contribution is 2.27. The molecule has 8 nitrogen and oxygen atoms in total. The topological polar surface area (TPSA) is 109 Å². The predicted molar refractivity (Wildman–Crippen MR) is 131 cm³/mol. The molecule has 0 aliphatic heterocycles. The lowest BCUT2D eigenvalue weighted by molar-refractivity contribution is -0.115. The number of aromatic amines is 1. The normalized spacial score (nSPS) is 11.5. The Morgan fingerprint density at radius 2 is 1.97 bits per heavy atom. The minimum absolute atomic E-state index is 0.0779. The van der Waals surface area contributed by atoms with Gasteiger partial charge in [-0.25, -0.2) is 4.98 Å². The fourth-order valence-electron chi connectivity index (χ4n) is 3.56. The Balaban J connectivity index is 1.42. The average Bonchev–Trinajstić information content (AvgIpc) is 3.44. The van der Waals surface area contributed by atoms with Crippen molar-refractivity contribution in [2.24, 2.45) is 7.05 Å². The molecule has 0 radical (unpaired) electrons. The number of aromatic nitrogens is 3. The van der Waals surface area contributed by atoms with Crippen molar-refractivity contribution < 1.29 is 9.59 Å². The third kappa shape index (κ3) is 4.73. The van der Waals surface area contributed by atoms with Crippen LogP contribution >= 0.6 is 11.3 Å². The highest BCUT2D eigenvalue weighted by Gasteiger charge is 2.23. The minimum Gasteiger partial charge on any atom is -0.364 e. The largest absolute Gasteiger partial charge is 0.364 e. The third-order valence-corrected chi connectivity index (χ3v) is 6.04. The highest BCUT2D eigenvalue weighted by atomic mass is 32.1. The second-order valence-corrected chi connectivity index (χ2v) is 9.68. The summed E-state index contributed by atoms with van der Waals surface area (Å²) in [5.74, 6) is -0.682. The van der Waals surface area contributed by atoms with Gasteiger partial charge in [0.1, 0.15) is 0 Å². The highest BCUT2D eigenvalue weighted by molar-refractivity contribution is 7.14. The van der Waals surface area contributed by atoms with Crippen molar-refractivity contribution in [1.29, 1.82) is 0 Å². The van der Waals surface area contributed by atoms with Gasteiger partial charge in [0.25, 0.3) is 11.5 Å². The fourth-order valence-corrected chi connectivity index (χ4v) is 4.29. The Morgan fingerprint density at radius 3 is 2.73 bits per heavy atom. The second-order valence-electron chi connectivity index (χ2n) is 8.82. The third-order valence-electron chi connectivity index (χ3n) is 5.28. The Bertz CT molecular complexity index is 1410. The number of benzene rings is 1. The fraction of sp³-hybridized carbons (Fsp3) is 0.250. The summed E-state index contributed by atoms with van der Waals surface area (Å²) in [6.07, 6.45) is 3.45. The maximum Gasteiger partial charge on any atom is 0.258 e. The van der Waals surface area contributed by atoms with E-state index in [1.54, 1.807) is 25.5 Å². The molecule has 9 heteroatoms. The van der Waals surface area contributed by atoms with Crippen molar-refractivity contribution in [3.05, 3.63) is 69.7 Å². The zero-order valence-electron chi connectivity index (χ0n) is 18.9. The van der Waals surface area contributed by atoms with Crippen LogP contribution in [0.1, 0.15) is 36.8 Å². The number of hydrogen-bond acceptors (Lipinski definition) is 5. The summed E-state index contributed by atoms with van der Waals surface area (Å²) in [4.78, 5) is 44.9. The van der Waals surface area contributed by atoms with Crippen molar-refractivity contribution in [2.75, 3.05) is 11.9 Å². The average molecular weight is 464 g/mol. The number of pyridine rings is 1. The van der Waals surface area contributed by atoms with Crippen LogP contribution in [0, 0.1) is 0 Å². The maximum atomic E-state index is 12.5. The minimum atomic E-state index is -0.371. The van der Waals surface area contributed by atoms with Crippen LogP contribution in [0.3, 0.4) is 0 Å². The number of hydrogen-bond donors (Lipinski definition) is 3. The summed E-state index contributed by atoms with van der Waals surface area (Å²) >= 11 is 1.28. The number of carbonyl (C=O) groups excluding carboxylic acids is 2. The van der Waals surface area contributed by atoms with E-state index in [2.05, 4.69) is 20.6 Å². The molecular weight excluding hydrogens is 438 g/mol. The molecule has 3 N–H and O–H groups in total. The first-order chi connectivity index (χ1) is 15.6. The first kappa shape index (κ1) is 22.5. The van der Waals surface area contributed by atoms with E-state index < -0.39 is 0 Å². The van der Waals surface area contributed by atoms with E-state index in [4.69, 9.17) is 0 Å². The molecule has 3 heterocycles. The number of aryl methyl sites for hydroxylation is 1. The smallest absolute Gasteiger partial charge is 0.258 e. The van der Waals surface area contributed by atoms with E-state index >= 15 is 0 Å². The van der Waals surface area contributed by atoms with E-state index in [-0.39, 0.29) is 29.3 Å². The molecule has 2 amide bonds. The first-order valence-corrected chi connectivity index (χ1v) is 11.3. The Kier molecular flexibility index (Phi) is 5.90. The number of nitrogens with one attached hydrogen (secondary N) is 3. The number of thiazole rings is 1. The maximum absolute atomic E-state index is 12.5. The zero-order chi connectivity index (χ0) is 23.8. The number of anilines is 1. The summed E-state index contributed by atoms with van der Waals surface area (Å²) in [5, 5.41) is 9.08. The van der Waals surface area contributed by atoms with E-state index in [0.29, 0.717) is 21.8 Å². The molecule has 33 heavy (non-hydrogen) atoms. The van der Waals surface area contributed by atoms with E-state index in [0.717, 1.165) is 16.6 Å². The van der Waals surface area contributed by atoms with Crippen molar-refractivity contribution in [3.8, 4) is 11.3 Å². The molecule has 0 unspecified atom stereocenters. The molecule has 0 fully saturated rings. The molecule has 0 aliphatic carbocycles. The predicted octanol–water partition coefficient (Wildman–Crippen LogP) is 3.66. The van der Waals surface area contributed by atoms with Crippen LogP contribution in [0.4, 0.5) is 5.13 Å². The number of rotatable bonds is 5. The van der Waals surface area contributed by atoms with Gasteiger partial charge < -0.3 is 20.2 Å². The molecule has 0 saturated heterocycles. The van der Waals surface area contributed by atoms with Gasteiger partial charge in [-0.1, -0.05) is 32.9 Å². The van der Waals surface area contributed by atoms with Crippen molar-refractivity contribution in [2.45, 2.75) is 26.2 Å². The summed E-state index contributed by atoms with van der Waals surface area (Å²) in [5.41, 5.74) is 2.49. The molecule has 4 aromatic rings. The standard InChI is InChI=1S/C24H25N5O3S/c1-24(2,3)20-16(7-9-25-20)21(31)26-12-19(30)28-23-27-18(13-33-23)15-6-5-14-8-10-29(4)22(32)17(14)11-15/h5-11,13,25H,12H2,1-4H3,(H,26,31)(H,27,28,30). The van der Waals surface area contributed by atoms with Gasteiger partial charge in [-0.15, -0.1) is 11.3 Å². The first-order valence-electron chi connectivity index (χ1n) is 10.4. The molecule has 3 aromatic heterocycles. The van der Waals surface area contributed by atoms with Crippen LogP contribution in [-0.4, -0.2) is 32.9 Å². The van der Waals surface area contributed by atoms with Crippen LogP contribution in [0.5, 0.6) is 0 Å². The summed E-state index contributed by atoms with van der Waals surface area (Å²) in [7, 11) is 1.71. The SMILES string of the molecule is Cn1ccc2ccc(-c3csc(NC(=O)CNC(=O)c4cc[nH]c4C(C)(C)C)n3)cc2c1=O. The van der Waals surface area contributed by atoms with Gasteiger partial charge >= 0.3 is 0 Å². The van der Waals surface area contributed by atoms with Crippen molar-refractivity contribution in [3.63, 3.8) is 0 Å². The van der Waals surface area contributed by atoms with Gasteiger partial charge in [0.2, 0.25) is 5.91 Å². The Labute approximate surface area is 194 Å². The van der Waals surface area contributed by atoms with Crippen molar-refractivity contribution in [1.82, 2.24) is 19.9 Å². The number of nitrogens with zero attached hydrogens (tertiary/aromatic N) is 2. The number of fused-ring (bicyclic) bond motifs is 1. The molecule has 1 aromatic carbocycles. The monoisotopic (exact) mass is 463 g/mol. The van der Waals surface area contributed by atoms with E-state index in [1.165, 1.54) is 15.9 Å². The number of carbonyl (C=O) groups is 2. The lowest BCUT2D eigenvalue weighted by Gasteiger charge is -2.18. The van der Waals surface area contributed by atoms with Gasteiger partial charge in [0.05, 0.1) is 17.8 Å². The molecule has 0 bridgehead atoms. The molecular formula is C24H25N5O3S. The molecule has 0 saturated carbocycles. The molecule has 0 atom stereocenters. The molecule has 4 rings (SSSR count). The lowest BCUT2D eigenvalue weighted by atomic mass is 9.89. The van der Waals surface area contributed by atoms with Crippen LogP contribution in [0.25, 0.3) is 22.0 Å². The summed E-state index contributed by atoms with van der Waals surface area (Å²) in [6, 6.07) is 9.18. The molecule has 170 valence electrons. The van der Waals surface area contributed by atoms with Crippen LogP contribution < -0.4 is 16.2 Å². The van der Waals surface area contributed by atoms with Crippen LogP contribution in [0.2, 0.25) is 0 Å². The van der Waals surface area contributed by atoms with Crippen LogP contribution in [0.15, 0.2) is 52.9 Å². The summed E-state index contributed by atoms with van der Waals surface area (Å²) in [6.45, 7) is 5.86. The Hall–Kier alpha value is -3.72. The van der Waals surface area contributed by atoms with Gasteiger partial charge in [-0.05, 0) is 23.6 Å². The van der Waals surface area contributed by atoms with Gasteiger partial charge in [-0.2, -0.15) is 0 Å². The molecule has 0 aliphatic rings. The van der Waals surface area contributed by atoms with E-state index in [1.807, 2.05) is 50.4 Å². The second kappa shape index (κ2) is 8.67. The molecule has 0 spiro atoms. The van der Waals surface area contributed by atoms with Crippen molar-refractivity contribution >= 4 is 39.1 Å². The lowest BCUT2D eigenvalue weighted by Crippen LogP contribution is -2.34. The van der Waals surface area contributed by atoms with Crippen LogP contribution in [-0.2, 0) is 17.3 Å². The zero-order valence-corrected chi connectivity index (χ0v) is 19.7. The van der Waals surface area contributed by atoms with E-state index in [9.17, 15) is 14.4 Å². The summed E-state index contributed by atoms with van der Waals surface area (Å²) < 4.78 is 1.53. The Morgan fingerprint density at radius 1 is 1.18 bits per heavy atom. The van der Waals surface area contributed by atoms with Gasteiger partial charge in [0, 0.05) is 46.9 Å².